The number of benzene rings is 3. The quantitative estimate of drug-likeness (QED) is 0.0514. The molecule has 0 spiro atoms. The van der Waals surface area contributed by atoms with Gasteiger partial charge in [-0.3, -0.25) is 24.0 Å². The van der Waals surface area contributed by atoms with Crippen LogP contribution in [-0.2, 0) is 19.2 Å². The van der Waals surface area contributed by atoms with Crippen LogP contribution in [0, 0.1) is 30.1 Å². The molecule has 396 valence electrons. The van der Waals surface area contributed by atoms with Gasteiger partial charge >= 0.3 is 0 Å². The fourth-order valence-corrected chi connectivity index (χ4v) is 11.5. The van der Waals surface area contributed by atoms with E-state index in [1.54, 1.807) is 22.7 Å². The smallest absolute Gasteiger partial charge is 0.251 e. The number of unbranched alkanes of at least 4 members (excludes halogenated alkanes) is 5. The molecule has 75 heavy (non-hydrogen) atoms. The van der Waals surface area contributed by atoms with Crippen LogP contribution in [0.2, 0.25) is 0 Å². The lowest BCUT2D eigenvalue weighted by molar-refractivity contribution is -0.138. The lowest BCUT2D eigenvalue weighted by Gasteiger charge is -2.34. The zero-order chi connectivity index (χ0) is 53.1. The number of carbonyl (C=O) groups excluding carboxylic acids is 5. The molecule has 0 bridgehead atoms. The summed E-state index contributed by atoms with van der Waals surface area (Å²) in [6, 6.07) is 26.3. The molecule has 3 aromatic carbocycles. The summed E-state index contributed by atoms with van der Waals surface area (Å²) in [6.45, 7) is 11.6. The fraction of sp³-hybridized carbons (Fsp3) is 0.475. The summed E-state index contributed by atoms with van der Waals surface area (Å²) < 4.78 is 0. The highest BCUT2D eigenvalue weighted by atomic mass is 32.1. The van der Waals surface area contributed by atoms with Gasteiger partial charge in [-0.2, -0.15) is 5.10 Å². The van der Waals surface area contributed by atoms with Crippen LogP contribution >= 0.6 is 11.3 Å². The highest BCUT2D eigenvalue weighted by Crippen LogP contribution is 2.38. The Bertz CT molecular complexity index is 2770. The summed E-state index contributed by atoms with van der Waals surface area (Å²) in [4.78, 5) is 84.5. The van der Waals surface area contributed by atoms with Gasteiger partial charge in [-0.1, -0.05) is 113 Å². The molecule has 2 fully saturated rings. The number of hydrazone groups is 1. The van der Waals surface area contributed by atoms with E-state index in [4.69, 9.17) is 0 Å². The van der Waals surface area contributed by atoms with Gasteiger partial charge in [-0.25, -0.2) is 20.0 Å². The Hall–Kier alpha value is -6.65. The third-order valence-electron chi connectivity index (χ3n) is 15.1. The summed E-state index contributed by atoms with van der Waals surface area (Å²) in [7, 11) is 0. The van der Waals surface area contributed by atoms with E-state index in [-0.39, 0.29) is 66.7 Å². The number of thiazole rings is 1. The average Bonchev–Trinajstić information content (AvgIpc) is 4.20. The Kier molecular flexibility index (Phi) is 18.4. The number of hydrogen-bond acceptors (Lipinski definition) is 12. The second-order valence-corrected chi connectivity index (χ2v) is 22.5. The lowest BCUT2D eigenvalue weighted by Crippen LogP contribution is -2.52. The highest BCUT2D eigenvalue weighted by Gasteiger charge is 2.47. The van der Waals surface area contributed by atoms with Gasteiger partial charge in [-0.15, -0.1) is 11.3 Å². The van der Waals surface area contributed by atoms with Gasteiger partial charge < -0.3 is 26.0 Å². The van der Waals surface area contributed by atoms with Gasteiger partial charge in [0.05, 0.1) is 51.9 Å². The van der Waals surface area contributed by atoms with Gasteiger partial charge in [-0.05, 0) is 86.6 Å². The summed E-state index contributed by atoms with van der Waals surface area (Å²) in [5.74, 6) is -1.43. The van der Waals surface area contributed by atoms with Gasteiger partial charge in [0.25, 0.3) is 5.91 Å². The zero-order valence-corrected chi connectivity index (χ0v) is 44.9. The second-order valence-electron chi connectivity index (χ2n) is 21.6. The first kappa shape index (κ1) is 54.6. The number of aliphatic hydroxyl groups is 1. The molecule has 3 aliphatic rings. The molecule has 4 amide bonds. The van der Waals surface area contributed by atoms with Crippen molar-refractivity contribution in [2.24, 2.45) is 28.3 Å². The van der Waals surface area contributed by atoms with E-state index < -0.39 is 29.4 Å². The zero-order valence-electron chi connectivity index (χ0n) is 44.0. The number of amides is 4. The number of Topliss-reactive ketones (excluding diaryl/α,β-unsaturated/α-hetero) is 1. The van der Waals surface area contributed by atoms with Crippen molar-refractivity contribution in [2.75, 3.05) is 24.5 Å². The number of carbonyl (C=O) groups is 5. The lowest BCUT2D eigenvalue weighted by atomic mass is 9.77. The van der Waals surface area contributed by atoms with E-state index >= 15 is 0 Å². The van der Waals surface area contributed by atoms with Crippen LogP contribution in [0.1, 0.15) is 144 Å². The Morgan fingerprint density at radius 1 is 0.800 bits per heavy atom. The van der Waals surface area contributed by atoms with E-state index in [1.807, 2.05) is 119 Å². The third-order valence-corrected chi connectivity index (χ3v) is 16.1. The maximum atomic E-state index is 14.2. The standard InChI is InChI=1S/C59H73N9O6S/c1-38(40-18-22-43(23-19-40)54-39(2)63-37-75-54)65-57(73)48-34-46(69)33-47(48)53(71)55(59(3,4)5)66-52(70)17-13-8-6-7-9-14-29-60-56(72)44-24-20-41(21-25-44)49-35-51(62-36-61-49)67-31-27-45(28-32-67)58(74)68-50(26-30-64-68)42-15-11-10-12-16-42/h10-12,15-16,18-25,30,35-38,45-48,50,55,69H,6-9,13-14,17,26-29,31-34H2,1-5H3,(H,60,72)(H,65,73)(H,66,70)/t38-,46-,47?,48+,50?,55+/m0/s1. The molecule has 1 saturated carbocycles. The third kappa shape index (κ3) is 14.0. The molecule has 0 radical (unpaired) electrons. The van der Waals surface area contributed by atoms with Crippen molar-refractivity contribution in [1.29, 1.82) is 0 Å². The number of nitrogens with one attached hydrogen (secondary N) is 3. The number of aliphatic hydroxyl groups excluding tert-OH is 1. The maximum absolute atomic E-state index is 14.2. The van der Waals surface area contributed by atoms with Crippen molar-refractivity contribution in [3.63, 3.8) is 0 Å². The van der Waals surface area contributed by atoms with E-state index in [2.05, 4.69) is 53.0 Å². The number of nitrogens with zero attached hydrogens (tertiary/aromatic N) is 6. The Labute approximate surface area is 445 Å². The van der Waals surface area contributed by atoms with E-state index in [0.29, 0.717) is 44.5 Å². The van der Waals surface area contributed by atoms with Gasteiger partial charge in [0, 0.05) is 67.7 Å². The number of aromatic nitrogens is 3. The van der Waals surface area contributed by atoms with Crippen molar-refractivity contribution >= 4 is 52.8 Å². The number of rotatable bonds is 21. The van der Waals surface area contributed by atoms with Gasteiger partial charge in [0.2, 0.25) is 17.7 Å². The first-order valence-electron chi connectivity index (χ1n) is 26.8. The van der Waals surface area contributed by atoms with E-state index in [9.17, 15) is 29.1 Å². The molecule has 4 heterocycles. The number of hydrogen-bond donors (Lipinski definition) is 4. The molecule has 2 aliphatic heterocycles. The molecular weight excluding hydrogens is 963 g/mol. The van der Waals surface area contributed by atoms with Crippen LogP contribution in [0.15, 0.2) is 102 Å². The molecule has 15 nitrogen and oxygen atoms in total. The molecule has 1 aliphatic carbocycles. The normalized spacial score (nSPS) is 19.7. The van der Waals surface area contributed by atoms with Crippen molar-refractivity contribution in [3.05, 3.63) is 119 Å². The molecule has 2 aromatic heterocycles. The first-order valence-corrected chi connectivity index (χ1v) is 27.7. The fourth-order valence-electron chi connectivity index (χ4n) is 10.7. The Morgan fingerprint density at radius 2 is 1.48 bits per heavy atom. The maximum Gasteiger partial charge on any atom is 0.251 e. The number of piperidine rings is 1. The molecule has 4 N–H and O–H groups in total. The minimum absolute atomic E-state index is 0.0519. The number of aryl methyl sites for hydroxylation is 1. The predicted molar refractivity (Wildman–Crippen MR) is 294 cm³/mol. The highest BCUT2D eigenvalue weighted by molar-refractivity contribution is 7.13. The van der Waals surface area contributed by atoms with E-state index in [1.165, 1.54) is 0 Å². The summed E-state index contributed by atoms with van der Waals surface area (Å²) >= 11 is 1.59. The van der Waals surface area contributed by atoms with Gasteiger partial charge in [0.15, 0.2) is 5.78 Å². The second kappa shape index (κ2) is 25.3. The monoisotopic (exact) mass is 1040 g/mol. The topological polar surface area (TPSA) is 199 Å². The molecule has 16 heteroatoms. The first-order chi connectivity index (χ1) is 36.1. The van der Waals surface area contributed by atoms with Crippen molar-refractivity contribution in [3.8, 4) is 21.7 Å². The number of ketones is 1. The van der Waals surface area contributed by atoms with Crippen LogP contribution in [-0.4, -0.2) is 92.5 Å². The molecule has 5 aromatic rings. The SMILES string of the molecule is Cc1ncsc1-c1ccc([C@H](C)NC(=O)[C@@H]2C[C@@H](O)CC2C(=O)[C@@H](NC(=O)CCCCCCCCNC(=O)c2ccc(-c3cc(N4CCC(C(=O)N5N=CCC5c5ccccc5)CC4)ncn3)cc2)C(C)(C)C)cc1. The van der Waals surface area contributed by atoms with Crippen LogP contribution in [0.3, 0.4) is 0 Å². The minimum atomic E-state index is -0.804. The molecular formula is C59H73N9O6S. The van der Waals surface area contributed by atoms with Crippen LogP contribution in [0.5, 0.6) is 0 Å². The van der Waals surface area contributed by atoms with E-state index in [0.717, 1.165) is 82.9 Å². The molecule has 2 unspecified atom stereocenters. The van der Waals surface area contributed by atoms with Crippen molar-refractivity contribution in [2.45, 2.75) is 136 Å². The van der Waals surface area contributed by atoms with Crippen LogP contribution < -0.4 is 20.9 Å². The molecule has 6 atom stereocenters. The Morgan fingerprint density at radius 3 is 2.17 bits per heavy atom. The minimum Gasteiger partial charge on any atom is -0.393 e. The van der Waals surface area contributed by atoms with Crippen LogP contribution in [0.25, 0.3) is 21.7 Å². The molecule has 1 saturated heterocycles. The predicted octanol–water partition coefficient (Wildman–Crippen LogP) is 9.58. The number of anilines is 1. The van der Waals surface area contributed by atoms with Gasteiger partial charge in [0.1, 0.15) is 12.1 Å². The largest absolute Gasteiger partial charge is 0.393 e. The van der Waals surface area contributed by atoms with Crippen LogP contribution in [0.4, 0.5) is 5.82 Å². The van der Waals surface area contributed by atoms with Crippen molar-refractivity contribution in [1.82, 2.24) is 35.9 Å². The summed E-state index contributed by atoms with van der Waals surface area (Å²) in [6.07, 6.45) is 10.7. The summed E-state index contributed by atoms with van der Waals surface area (Å²) in [5.41, 5.74) is 7.51. The van der Waals surface area contributed by atoms with Crippen molar-refractivity contribution < 1.29 is 29.1 Å². The molecule has 8 rings (SSSR count). The average molecular weight is 1040 g/mol. The Balaban J connectivity index is 0.708. The summed E-state index contributed by atoms with van der Waals surface area (Å²) in [5, 5.41) is 26.0.